The van der Waals surface area contributed by atoms with E-state index in [9.17, 15) is 0 Å². The lowest BCUT2D eigenvalue weighted by Gasteiger charge is -2.21. The summed E-state index contributed by atoms with van der Waals surface area (Å²) in [5.74, 6) is 1.89. The van der Waals surface area contributed by atoms with Crippen LogP contribution in [0.4, 0.5) is 0 Å². The molecular weight excluding hydrogens is 417 g/mol. The molecule has 0 amide bonds. The van der Waals surface area contributed by atoms with E-state index in [0.717, 1.165) is 50.8 Å². The fourth-order valence-electron chi connectivity index (χ4n) is 2.66. The molecule has 1 unspecified atom stereocenters. The molecular formula is C18H32IN3O2. The van der Waals surface area contributed by atoms with Crippen molar-refractivity contribution in [3.05, 3.63) is 24.2 Å². The molecule has 1 atom stereocenters. The number of unbranched alkanes of at least 4 members (excludes halogenated alkanes) is 2. The number of hydrogen-bond acceptors (Lipinski definition) is 3. The van der Waals surface area contributed by atoms with Crippen LogP contribution in [-0.4, -0.2) is 38.3 Å². The van der Waals surface area contributed by atoms with E-state index < -0.39 is 0 Å². The summed E-state index contributed by atoms with van der Waals surface area (Å²) in [6.07, 6.45) is 10.1. The molecule has 2 rings (SSSR count). The van der Waals surface area contributed by atoms with E-state index >= 15 is 0 Å². The first-order valence-corrected chi connectivity index (χ1v) is 9.04. The highest BCUT2D eigenvalue weighted by atomic mass is 127. The van der Waals surface area contributed by atoms with Crippen molar-refractivity contribution in [3.63, 3.8) is 0 Å². The SMILES string of the molecule is CCCCCNC(=NCC1CCCCO1)NCCc1ccco1.I. The van der Waals surface area contributed by atoms with E-state index in [0.29, 0.717) is 0 Å². The molecule has 2 N–H and O–H groups in total. The van der Waals surface area contributed by atoms with Gasteiger partial charge in [-0.25, -0.2) is 0 Å². The Hall–Kier alpha value is -0.760. The summed E-state index contributed by atoms with van der Waals surface area (Å²) in [6.45, 7) is 5.62. The zero-order chi connectivity index (χ0) is 16.2. The maximum atomic E-state index is 5.76. The van der Waals surface area contributed by atoms with Gasteiger partial charge in [-0.15, -0.1) is 24.0 Å². The van der Waals surface area contributed by atoms with E-state index in [1.54, 1.807) is 6.26 Å². The smallest absolute Gasteiger partial charge is 0.191 e. The van der Waals surface area contributed by atoms with Crippen LogP contribution in [0, 0.1) is 0 Å². The Labute approximate surface area is 163 Å². The van der Waals surface area contributed by atoms with E-state index in [-0.39, 0.29) is 30.1 Å². The van der Waals surface area contributed by atoms with Gasteiger partial charge in [-0.2, -0.15) is 0 Å². The summed E-state index contributed by atoms with van der Waals surface area (Å²) in [7, 11) is 0. The maximum absolute atomic E-state index is 5.76. The van der Waals surface area contributed by atoms with Crippen LogP contribution in [-0.2, 0) is 11.2 Å². The Bertz CT molecular complexity index is 431. The topological polar surface area (TPSA) is 58.8 Å². The third-order valence-corrected chi connectivity index (χ3v) is 4.04. The molecule has 1 aliphatic heterocycles. The standard InChI is InChI=1S/C18H31N3O2.HI/c1-2-3-5-11-19-18(20-12-10-16-9-7-14-22-16)21-15-17-8-4-6-13-23-17;/h7,9,14,17H,2-6,8,10-13,15H2,1H3,(H2,19,20,21);1H. The molecule has 1 fully saturated rings. The molecule has 6 heteroatoms. The summed E-state index contributed by atoms with van der Waals surface area (Å²) in [5, 5.41) is 6.82. The minimum absolute atomic E-state index is 0. The Kier molecular flexibility index (Phi) is 12.0. The van der Waals surface area contributed by atoms with Crippen LogP contribution in [0.3, 0.4) is 0 Å². The highest BCUT2D eigenvalue weighted by Gasteiger charge is 2.13. The minimum Gasteiger partial charge on any atom is -0.469 e. The maximum Gasteiger partial charge on any atom is 0.191 e. The van der Waals surface area contributed by atoms with Gasteiger partial charge in [-0.1, -0.05) is 19.8 Å². The quantitative estimate of drug-likeness (QED) is 0.261. The van der Waals surface area contributed by atoms with Gasteiger partial charge >= 0.3 is 0 Å². The second-order valence-electron chi connectivity index (χ2n) is 6.07. The van der Waals surface area contributed by atoms with Gasteiger partial charge in [0.25, 0.3) is 0 Å². The van der Waals surface area contributed by atoms with Gasteiger partial charge in [-0.05, 0) is 37.8 Å². The third-order valence-electron chi connectivity index (χ3n) is 4.04. The number of halogens is 1. The Morgan fingerprint density at radius 1 is 1.25 bits per heavy atom. The second-order valence-corrected chi connectivity index (χ2v) is 6.07. The zero-order valence-corrected chi connectivity index (χ0v) is 17.1. The van der Waals surface area contributed by atoms with Gasteiger partial charge in [0.2, 0.25) is 0 Å². The van der Waals surface area contributed by atoms with Crippen LogP contribution < -0.4 is 10.6 Å². The minimum atomic E-state index is 0. The van der Waals surface area contributed by atoms with Crippen LogP contribution in [0.25, 0.3) is 0 Å². The van der Waals surface area contributed by atoms with Crippen molar-refractivity contribution >= 4 is 29.9 Å². The summed E-state index contributed by atoms with van der Waals surface area (Å²) in [5.41, 5.74) is 0. The van der Waals surface area contributed by atoms with Crippen LogP contribution in [0.1, 0.15) is 51.2 Å². The number of rotatable bonds is 9. The molecule has 1 aliphatic rings. The van der Waals surface area contributed by atoms with E-state index in [1.165, 1.54) is 32.1 Å². The second kappa shape index (κ2) is 13.5. The predicted octanol–water partition coefficient (Wildman–Crippen LogP) is 3.73. The molecule has 1 aromatic heterocycles. The number of furan rings is 1. The van der Waals surface area contributed by atoms with Gasteiger partial charge in [-0.3, -0.25) is 4.99 Å². The molecule has 0 radical (unpaired) electrons. The van der Waals surface area contributed by atoms with Gasteiger partial charge in [0.05, 0.1) is 18.9 Å². The Morgan fingerprint density at radius 2 is 2.12 bits per heavy atom. The molecule has 0 aliphatic carbocycles. The monoisotopic (exact) mass is 449 g/mol. The van der Waals surface area contributed by atoms with Crippen molar-refractivity contribution in [2.24, 2.45) is 4.99 Å². The molecule has 138 valence electrons. The lowest BCUT2D eigenvalue weighted by atomic mass is 10.1. The zero-order valence-electron chi connectivity index (χ0n) is 14.8. The lowest BCUT2D eigenvalue weighted by molar-refractivity contribution is 0.0224. The first-order valence-electron chi connectivity index (χ1n) is 9.04. The van der Waals surface area contributed by atoms with Crippen molar-refractivity contribution in [1.82, 2.24) is 10.6 Å². The molecule has 0 saturated carbocycles. The highest BCUT2D eigenvalue weighted by Crippen LogP contribution is 2.12. The van der Waals surface area contributed by atoms with Gasteiger partial charge in [0.1, 0.15) is 5.76 Å². The molecule has 24 heavy (non-hydrogen) atoms. The van der Waals surface area contributed by atoms with Crippen molar-refractivity contribution in [3.8, 4) is 0 Å². The number of hydrogen-bond donors (Lipinski definition) is 2. The molecule has 0 spiro atoms. The van der Waals surface area contributed by atoms with Gasteiger partial charge in [0.15, 0.2) is 5.96 Å². The van der Waals surface area contributed by atoms with Crippen molar-refractivity contribution in [2.45, 2.75) is 58.0 Å². The first-order chi connectivity index (χ1) is 11.4. The van der Waals surface area contributed by atoms with Crippen molar-refractivity contribution < 1.29 is 9.15 Å². The number of ether oxygens (including phenoxy) is 1. The molecule has 1 aromatic rings. The van der Waals surface area contributed by atoms with Gasteiger partial charge < -0.3 is 19.8 Å². The largest absolute Gasteiger partial charge is 0.469 e. The normalized spacial score (nSPS) is 18.0. The van der Waals surface area contributed by atoms with E-state index in [4.69, 9.17) is 14.1 Å². The molecule has 0 aromatic carbocycles. The average molecular weight is 449 g/mol. The third kappa shape index (κ3) is 8.92. The molecule has 5 nitrogen and oxygen atoms in total. The van der Waals surface area contributed by atoms with Crippen LogP contribution in [0.2, 0.25) is 0 Å². The van der Waals surface area contributed by atoms with E-state index in [2.05, 4.69) is 17.6 Å². The van der Waals surface area contributed by atoms with Gasteiger partial charge in [0, 0.05) is 26.1 Å². The number of nitrogens with one attached hydrogen (secondary N) is 2. The summed E-state index contributed by atoms with van der Waals surface area (Å²) < 4.78 is 11.1. The van der Waals surface area contributed by atoms with Crippen LogP contribution in [0.5, 0.6) is 0 Å². The predicted molar refractivity (Wildman–Crippen MR) is 109 cm³/mol. The van der Waals surface area contributed by atoms with E-state index in [1.807, 2.05) is 12.1 Å². The highest BCUT2D eigenvalue weighted by molar-refractivity contribution is 14.0. The van der Waals surface area contributed by atoms with Crippen LogP contribution in [0.15, 0.2) is 27.8 Å². The molecule has 2 heterocycles. The average Bonchev–Trinajstić information content (AvgIpc) is 3.10. The first kappa shape index (κ1) is 21.3. The number of guanidine groups is 1. The van der Waals surface area contributed by atoms with Crippen molar-refractivity contribution in [2.75, 3.05) is 26.2 Å². The summed E-state index contributed by atoms with van der Waals surface area (Å²) in [6, 6.07) is 3.93. The Balaban J connectivity index is 0.00000288. The van der Waals surface area contributed by atoms with Crippen LogP contribution >= 0.6 is 24.0 Å². The fraction of sp³-hybridized carbons (Fsp3) is 0.722. The number of aliphatic imine (C=N–C) groups is 1. The fourth-order valence-corrected chi connectivity index (χ4v) is 2.66. The lowest BCUT2D eigenvalue weighted by Crippen LogP contribution is -2.39. The summed E-state index contributed by atoms with van der Waals surface area (Å²) in [4.78, 5) is 4.70. The molecule has 0 bridgehead atoms. The summed E-state index contributed by atoms with van der Waals surface area (Å²) >= 11 is 0. The number of nitrogens with zero attached hydrogens (tertiary/aromatic N) is 1. The Morgan fingerprint density at radius 3 is 2.83 bits per heavy atom. The van der Waals surface area contributed by atoms with Crippen molar-refractivity contribution in [1.29, 1.82) is 0 Å². The molecule has 1 saturated heterocycles.